The smallest absolute Gasteiger partial charge is 0.277 e. The topological polar surface area (TPSA) is 95.3 Å². The molecule has 0 bridgehead atoms. The fourth-order valence-corrected chi connectivity index (χ4v) is 4.72. The van der Waals surface area contributed by atoms with E-state index in [9.17, 15) is 4.79 Å². The molecule has 3 heterocycles. The molecule has 0 radical (unpaired) electrons. The molecule has 29 heavy (non-hydrogen) atoms. The lowest BCUT2D eigenvalue weighted by Gasteiger charge is -2.19. The van der Waals surface area contributed by atoms with E-state index in [1.807, 2.05) is 0 Å². The van der Waals surface area contributed by atoms with E-state index >= 15 is 0 Å². The van der Waals surface area contributed by atoms with Crippen molar-refractivity contribution in [2.45, 2.75) is 6.54 Å². The molecule has 8 nitrogen and oxygen atoms in total. The number of benzene rings is 1. The molecule has 8 heteroatoms. The lowest BCUT2D eigenvalue weighted by atomic mass is 10.1. The normalized spacial score (nSPS) is 22.7. The van der Waals surface area contributed by atoms with Crippen molar-refractivity contribution in [2.24, 2.45) is 24.8 Å². The van der Waals surface area contributed by atoms with E-state index in [0.29, 0.717) is 23.7 Å². The van der Waals surface area contributed by atoms with Crippen LogP contribution >= 0.6 is 0 Å². The van der Waals surface area contributed by atoms with Crippen LogP contribution in [0.1, 0.15) is 15.9 Å². The summed E-state index contributed by atoms with van der Waals surface area (Å²) in [4.78, 5) is 22.1. The monoisotopic (exact) mass is 392 g/mol. The quantitative estimate of drug-likeness (QED) is 0.435. The minimum absolute atomic E-state index is 0.246. The van der Waals surface area contributed by atoms with Gasteiger partial charge in [0.25, 0.3) is 5.91 Å². The van der Waals surface area contributed by atoms with Gasteiger partial charge < -0.3 is 14.8 Å². The number of carbonyl (C=O) groups is 1. The standard InChI is InChI=1S/C21H24N6O2/c1-26-10-14(15-4-2-3-5-19(15)26)6-22-9-16-17-11-27(12-18(16)17)21-23-7-13(8-24-21)20(28)25-29/h2-5,7-8,10,16-18,22,29H,6,9,11-12H2,1H3,(H,25,28). The summed E-state index contributed by atoms with van der Waals surface area (Å²) in [5, 5.41) is 13.6. The fraction of sp³-hybridized carbons (Fsp3) is 0.381. The number of nitrogens with zero attached hydrogens (tertiary/aromatic N) is 4. The number of anilines is 1. The summed E-state index contributed by atoms with van der Waals surface area (Å²) >= 11 is 0. The molecule has 3 N–H and O–H groups in total. The number of nitrogens with one attached hydrogen (secondary N) is 2. The maximum Gasteiger partial charge on any atom is 0.277 e. The summed E-state index contributed by atoms with van der Waals surface area (Å²) in [5.41, 5.74) is 4.45. The molecule has 1 aliphatic heterocycles. The number of fused-ring (bicyclic) bond motifs is 2. The average Bonchev–Trinajstić information content (AvgIpc) is 3.08. The Morgan fingerprint density at radius 1 is 1.21 bits per heavy atom. The number of aryl methyl sites for hydroxylation is 1. The molecule has 1 aliphatic carbocycles. The lowest BCUT2D eigenvalue weighted by Crippen LogP contribution is -2.29. The second-order valence-electron chi connectivity index (χ2n) is 8.02. The van der Waals surface area contributed by atoms with E-state index < -0.39 is 5.91 Å². The van der Waals surface area contributed by atoms with Gasteiger partial charge >= 0.3 is 0 Å². The average molecular weight is 392 g/mol. The second-order valence-corrected chi connectivity index (χ2v) is 8.02. The third-order valence-corrected chi connectivity index (χ3v) is 6.33. The third kappa shape index (κ3) is 3.24. The van der Waals surface area contributed by atoms with Gasteiger partial charge in [0.15, 0.2) is 0 Å². The molecule has 2 atom stereocenters. The Kier molecular flexibility index (Phi) is 4.44. The van der Waals surface area contributed by atoms with Crippen molar-refractivity contribution in [3.63, 3.8) is 0 Å². The van der Waals surface area contributed by atoms with Crippen LogP contribution in [0.4, 0.5) is 5.95 Å². The molecule has 1 saturated carbocycles. The highest BCUT2D eigenvalue weighted by Crippen LogP contribution is 2.51. The molecular formula is C21H24N6O2. The Morgan fingerprint density at radius 3 is 2.66 bits per heavy atom. The molecule has 150 valence electrons. The maximum absolute atomic E-state index is 11.4. The maximum atomic E-state index is 11.4. The summed E-state index contributed by atoms with van der Waals surface area (Å²) in [5.74, 6) is 2.12. The summed E-state index contributed by atoms with van der Waals surface area (Å²) < 4.78 is 2.19. The summed E-state index contributed by atoms with van der Waals surface area (Å²) in [6, 6.07) is 8.51. The number of hydroxylamine groups is 1. The number of rotatable bonds is 6. The van der Waals surface area contributed by atoms with Crippen molar-refractivity contribution >= 4 is 22.8 Å². The molecule has 2 aromatic heterocycles. The van der Waals surface area contributed by atoms with Gasteiger partial charge in [-0.1, -0.05) is 18.2 Å². The molecule has 2 fully saturated rings. The second kappa shape index (κ2) is 7.13. The Balaban J connectivity index is 1.13. The van der Waals surface area contributed by atoms with Gasteiger partial charge in [0.1, 0.15) is 0 Å². The molecule has 1 amide bonds. The van der Waals surface area contributed by atoms with E-state index in [-0.39, 0.29) is 5.56 Å². The molecule has 1 saturated heterocycles. The zero-order valence-corrected chi connectivity index (χ0v) is 16.2. The predicted molar refractivity (Wildman–Crippen MR) is 109 cm³/mol. The van der Waals surface area contributed by atoms with Crippen LogP contribution in [-0.2, 0) is 13.6 Å². The molecule has 5 rings (SSSR count). The van der Waals surface area contributed by atoms with E-state index in [1.165, 1.54) is 28.9 Å². The Labute approximate surface area is 168 Å². The van der Waals surface area contributed by atoms with Gasteiger partial charge in [-0.05, 0) is 35.9 Å². The van der Waals surface area contributed by atoms with Crippen LogP contribution in [0.15, 0.2) is 42.9 Å². The van der Waals surface area contributed by atoms with Gasteiger partial charge in [0.05, 0.1) is 5.56 Å². The first-order valence-electron chi connectivity index (χ1n) is 9.91. The summed E-state index contributed by atoms with van der Waals surface area (Å²) in [6.07, 6.45) is 5.10. The molecule has 3 aromatic rings. The van der Waals surface area contributed by atoms with Crippen LogP contribution < -0.4 is 15.7 Å². The van der Waals surface area contributed by atoms with Gasteiger partial charge in [-0.2, -0.15) is 0 Å². The van der Waals surface area contributed by atoms with Crippen molar-refractivity contribution in [3.05, 3.63) is 54.0 Å². The minimum Gasteiger partial charge on any atom is -0.350 e. The summed E-state index contributed by atoms with van der Waals surface area (Å²) in [7, 11) is 2.09. The van der Waals surface area contributed by atoms with Crippen LogP contribution in [0.2, 0.25) is 0 Å². The van der Waals surface area contributed by atoms with Crippen molar-refractivity contribution in [1.29, 1.82) is 0 Å². The Bertz CT molecular complexity index is 1040. The highest BCUT2D eigenvalue weighted by atomic mass is 16.5. The zero-order valence-electron chi connectivity index (χ0n) is 16.2. The van der Waals surface area contributed by atoms with E-state index in [0.717, 1.165) is 26.2 Å². The number of hydrogen-bond donors (Lipinski definition) is 3. The summed E-state index contributed by atoms with van der Waals surface area (Å²) in [6.45, 7) is 3.83. The molecule has 0 spiro atoms. The highest BCUT2D eigenvalue weighted by Gasteiger charge is 2.55. The number of aromatic nitrogens is 3. The van der Waals surface area contributed by atoms with Crippen LogP contribution in [0.5, 0.6) is 0 Å². The van der Waals surface area contributed by atoms with Gasteiger partial charge in [0.2, 0.25) is 5.95 Å². The van der Waals surface area contributed by atoms with Crippen LogP contribution in [0.25, 0.3) is 10.9 Å². The molecule has 2 aliphatic rings. The fourth-order valence-electron chi connectivity index (χ4n) is 4.72. The number of piperidine rings is 1. The first-order chi connectivity index (χ1) is 14.2. The first-order valence-corrected chi connectivity index (χ1v) is 9.91. The zero-order chi connectivity index (χ0) is 20.0. The van der Waals surface area contributed by atoms with Crippen LogP contribution in [-0.4, -0.2) is 45.3 Å². The number of hydrogen-bond acceptors (Lipinski definition) is 6. The van der Waals surface area contributed by atoms with E-state index in [1.54, 1.807) is 5.48 Å². The minimum atomic E-state index is -0.599. The largest absolute Gasteiger partial charge is 0.350 e. The van der Waals surface area contributed by atoms with Gasteiger partial charge in [-0.25, -0.2) is 15.4 Å². The van der Waals surface area contributed by atoms with Gasteiger partial charge in [0, 0.05) is 56.2 Å². The van der Waals surface area contributed by atoms with Crippen molar-refractivity contribution in [3.8, 4) is 0 Å². The first kappa shape index (κ1) is 18.1. The van der Waals surface area contributed by atoms with Crippen molar-refractivity contribution in [1.82, 2.24) is 25.3 Å². The lowest BCUT2D eigenvalue weighted by molar-refractivity contribution is 0.0705. The SMILES string of the molecule is Cn1cc(CNCC2C3CN(c4ncc(C(=O)NO)cn4)CC23)c2ccccc21. The number of para-hydroxylation sites is 1. The third-order valence-electron chi connectivity index (χ3n) is 6.33. The molecule has 1 aromatic carbocycles. The highest BCUT2D eigenvalue weighted by molar-refractivity contribution is 5.92. The number of amides is 1. The molecule has 2 unspecified atom stereocenters. The van der Waals surface area contributed by atoms with Crippen LogP contribution in [0.3, 0.4) is 0 Å². The van der Waals surface area contributed by atoms with Gasteiger partial charge in [-0.15, -0.1) is 0 Å². The van der Waals surface area contributed by atoms with E-state index in [4.69, 9.17) is 5.21 Å². The number of carbonyl (C=O) groups excluding carboxylic acids is 1. The Morgan fingerprint density at radius 2 is 1.93 bits per heavy atom. The molecular weight excluding hydrogens is 368 g/mol. The van der Waals surface area contributed by atoms with E-state index in [2.05, 4.69) is 62.3 Å². The predicted octanol–water partition coefficient (Wildman–Crippen LogP) is 1.56. The van der Waals surface area contributed by atoms with Gasteiger partial charge in [-0.3, -0.25) is 10.0 Å². The van der Waals surface area contributed by atoms with Crippen molar-refractivity contribution in [2.75, 3.05) is 24.5 Å². The Hall–Kier alpha value is -2.97. The van der Waals surface area contributed by atoms with Crippen LogP contribution in [0, 0.1) is 17.8 Å². The van der Waals surface area contributed by atoms with Crippen molar-refractivity contribution < 1.29 is 10.0 Å².